The Morgan fingerprint density at radius 3 is 2.48 bits per heavy atom. The number of urea groups is 1. The number of likely N-dealkylation sites (tertiary alicyclic amines) is 1. The van der Waals surface area contributed by atoms with Crippen molar-refractivity contribution in [1.29, 1.82) is 0 Å². The van der Waals surface area contributed by atoms with E-state index in [0.717, 1.165) is 66.7 Å². The highest BCUT2D eigenvalue weighted by Crippen LogP contribution is 2.29. The molecule has 0 spiro atoms. The van der Waals surface area contributed by atoms with Gasteiger partial charge in [-0.05, 0) is 74.2 Å². The van der Waals surface area contributed by atoms with Crippen molar-refractivity contribution in [2.45, 2.75) is 25.3 Å². The van der Waals surface area contributed by atoms with Crippen LogP contribution < -0.4 is 4.90 Å². The number of rotatable bonds is 5. The minimum absolute atomic E-state index is 0.0895. The standard InChI is InChI=1S/C23H27Cl2N3O/c1-26-21(16-28(23(26)29)20-5-3-2-4-6-20)15-27-11-9-17(10-12-27)13-18-14-19(24)7-8-22(18)25/h2-8,14,17,21H,9-13,15-16H2,1H3. The van der Waals surface area contributed by atoms with E-state index < -0.39 is 0 Å². The van der Waals surface area contributed by atoms with Crippen LogP contribution in [-0.4, -0.2) is 55.1 Å². The quantitative estimate of drug-likeness (QED) is 0.650. The molecule has 2 aromatic carbocycles. The largest absolute Gasteiger partial charge is 0.324 e. The Morgan fingerprint density at radius 1 is 1.03 bits per heavy atom. The van der Waals surface area contributed by atoms with Gasteiger partial charge >= 0.3 is 6.03 Å². The van der Waals surface area contributed by atoms with Crippen LogP contribution in [0, 0.1) is 5.92 Å². The molecule has 0 saturated carbocycles. The highest BCUT2D eigenvalue weighted by molar-refractivity contribution is 6.33. The first-order valence-electron chi connectivity index (χ1n) is 10.3. The normalized spacial score (nSPS) is 21.2. The van der Waals surface area contributed by atoms with Gasteiger partial charge in [-0.15, -0.1) is 0 Å². The number of amides is 2. The molecule has 4 nitrogen and oxygen atoms in total. The fourth-order valence-corrected chi connectivity index (χ4v) is 4.83. The van der Waals surface area contributed by atoms with Crippen LogP contribution in [-0.2, 0) is 6.42 Å². The summed E-state index contributed by atoms with van der Waals surface area (Å²) in [5.41, 5.74) is 2.13. The molecular weight excluding hydrogens is 405 g/mol. The smallest absolute Gasteiger partial charge is 0.321 e. The Hall–Kier alpha value is -1.75. The van der Waals surface area contributed by atoms with Crippen molar-refractivity contribution >= 4 is 34.9 Å². The number of piperidine rings is 1. The first kappa shape index (κ1) is 20.5. The van der Waals surface area contributed by atoms with Gasteiger partial charge in [-0.3, -0.25) is 4.90 Å². The predicted octanol–water partition coefficient (Wildman–Crippen LogP) is 5.19. The Balaban J connectivity index is 1.30. The number of para-hydroxylation sites is 1. The lowest BCUT2D eigenvalue weighted by molar-refractivity contribution is 0.149. The van der Waals surface area contributed by atoms with Crippen molar-refractivity contribution in [2.24, 2.45) is 5.92 Å². The Bertz CT molecular complexity index is 852. The molecular formula is C23H27Cl2N3O. The van der Waals surface area contributed by atoms with Gasteiger partial charge in [0.2, 0.25) is 0 Å². The molecule has 29 heavy (non-hydrogen) atoms. The molecule has 154 valence electrons. The monoisotopic (exact) mass is 431 g/mol. The predicted molar refractivity (Wildman–Crippen MR) is 120 cm³/mol. The topological polar surface area (TPSA) is 26.8 Å². The molecule has 4 rings (SSSR count). The number of halogens is 2. The molecule has 6 heteroatoms. The lowest BCUT2D eigenvalue weighted by Crippen LogP contribution is -2.44. The highest BCUT2D eigenvalue weighted by Gasteiger charge is 2.36. The van der Waals surface area contributed by atoms with Gasteiger partial charge in [0.05, 0.1) is 6.04 Å². The van der Waals surface area contributed by atoms with Crippen molar-refractivity contribution in [1.82, 2.24) is 9.80 Å². The molecule has 1 atom stereocenters. The van der Waals surface area contributed by atoms with Crippen LogP contribution in [0.3, 0.4) is 0 Å². The molecule has 0 N–H and O–H groups in total. The molecule has 2 amide bonds. The minimum Gasteiger partial charge on any atom is -0.321 e. The summed E-state index contributed by atoms with van der Waals surface area (Å²) in [5.74, 6) is 0.631. The number of hydrogen-bond acceptors (Lipinski definition) is 2. The lowest BCUT2D eigenvalue weighted by Gasteiger charge is -2.34. The number of carbonyl (C=O) groups excluding carboxylic acids is 1. The van der Waals surface area contributed by atoms with E-state index >= 15 is 0 Å². The summed E-state index contributed by atoms with van der Waals surface area (Å²) in [4.78, 5) is 19.0. The van der Waals surface area contributed by atoms with Crippen molar-refractivity contribution in [3.05, 3.63) is 64.1 Å². The number of carbonyl (C=O) groups is 1. The van der Waals surface area contributed by atoms with Crippen LogP contribution in [0.1, 0.15) is 18.4 Å². The van der Waals surface area contributed by atoms with E-state index in [9.17, 15) is 4.79 Å². The van der Waals surface area contributed by atoms with E-state index in [-0.39, 0.29) is 12.1 Å². The molecule has 0 aliphatic carbocycles. The Labute approximate surface area is 183 Å². The van der Waals surface area contributed by atoms with E-state index in [1.165, 1.54) is 0 Å². The van der Waals surface area contributed by atoms with Gasteiger partial charge in [-0.25, -0.2) is 4.79 Å². The Kier molecular flexibility index (Phi) is 6.33. The number of benzene rings is 2. The lowest BCUT2D eigenvalue weighted by atomic mass is 9.90. The molecule has 0 bridgehead atoms. The van der Waals surface area contributed by atoms with Crippen LogP contribution in [0.4, 0.5) is 10.5 Å². The maximum absolute atomic E-state index is 12.7. The number of likely N-dealkylation sites (N-methyl/N-ethyl adjacent to an activating group) is 1. The molecule has 0 aromatic heterocycles. The summed E-state index contributed by atoms with van der Waals surface area (Å²) in [6.07, 6.45) is 3.28. The van der Waals surface area contributed by atoms with Crippen LogP contribution in [0.15, 0.2) is 48.5 Å². The van der Waals surface area contributed by atoms with Gasteiger partial charge in [0, 0.05) is 35.9 Å². The summed E-state index contributed by atoms with van der Waals surface area (Å²) in [5, 5.41) is 1.56. The first-order chi connectivity index (χ1) is 14.0. The molecule has 2 aliphatic rings. The van der Waals surface area contributed by atoms with Crippen molar-refractivity contribution in [3.63, 3.8) is 0 Å². The van der Waals surface area contributed by atoms with Crippen LogP contribution in [0.2, 0.25) is 10.0 Å². The summed E-state index contributed by atoms with van der Waals surface area (Å²) in [6, 6.07) is 16.0. The SMILES string of the molecule is CN1C(=O)N(c2ccccc2)CC1CN1CCC(Cc2cc(Cl)ccc2Cl)CC1. The number of nitrogens with zero attached hydrogens (tertiary/aromatic N) is 3. The second kappa shape index (κ2) is 8.95. The zero-order valence-electron chi connectivity index (χ0n) is 16.7. The summed E-state index contributed by atoms with van der Waals surface area (Å²) in [6.45, 7) is 3.80. The molecule has 2 aromatic rings. The third kappa shape index (κ3) is 4.71. The molecule has 2 saturated heterocycles. The number of anilines is 1. The summed E-state index contributed by atoms with van der Waals surface area (Å²) < 4.78 is 0. The molecule has 0 radical (unpaired) electrons. The fraction of sp³-hybridized carbons (Fsp3) is 0.435. The first-order valence-corrected chi connectivity index (χ1v) is 11.0. The molecule has 2 aliphatic heterocycles. The molecule has 2 heterocycles. The van der Waals surface area contributed by atoms with Gasteiger partial charge in [0.25, 0.3) is 0 Å². The van der Waals surface area contributed by atoms with Gasteiger partial charge in [0.15, 0.2) is 0 Å². The van der Waals surface area contributed by atoms with Crippen LogP contribution in [0.25, 0.3) is 0 Å². The van der Waals surface area contributed by atoms with E-state index in [2.05, 4.69) is 4.90 Å². The van der Waals surface area contributed by atoms with Crippen LogP contribution in [0.5, 0.6) is 0 Å². The zero-order valence-corrected chi connectivity index (χ0v) is 18.2. The summed E-state index contributed by atoms with van der Waals surface area (Å²) in [7, 11) is 1.92. The van der Waals surface area contributed by atoms with E-state index in [0.29, 0.717) is 5.92 Å². The van der Waals surface area contributed by atoms with Gasteiger partial charge in [-0.2, -0.15) is 0 Å². The maximum Gasteiger partial charge on any atom is 0.324 e. The third-order valence-electron chi connectivity index (χ3n) is 6.23. The van der Waals surface area contributed by atoms with E-state index in [1.54, 1.807) is 0 Å². The van der Waals surface area contributed by atoms with Crippen molar-refractivity contribution < 1.29 is 4.79 Å². The highest BCUT2D eigenvalue weighted by atomic mass is 35.5. The van der Waals surface area contributed by atoms with E-state index in [4.69, 9.17) is 23.2 Å². The zero-order chi connectivity index (χ0) is 20.4. The third-order valence-corrected chi connectivity index (χ3v) is 6.84. The molecule has 2 fully saturated rings. The minimum atomic E-state index is 0.0895. The number of hydrogen-bond donors (Lipinski definition) is 0. The van der Waals surface area contributed by atoms with Crippen molar-refractivity contribution in [3.8, 4) is 0 Å². The van der Waals surface area contributed by atoms with Crippen LogP contribution >= 0.6 is 23.2 Å². The fourth-order valence-electron chi connectivity index (χ4n) is 4.44. The summed E-state index contributed by atoms with van der Waals surface area (Å²) >= 11 is 12.5. The second-order valence-corrected chi connectivity index (χ2v) is 9.02. The average Bonchev–Trinajstić information content (AvgIpc) is 3.01. The van der Waals surface area contributed by atoms with Gasteiger partial charge < -0.3 is 9.80 Å². The van der Waals surface area contributed by atoms with Gasteiger partial charge in [-0.1, -0.05) is 41.4 Å². The maximum atomic E-state index is 12.7. The van der Waals surface area contributed by atoms with E-state index in [1.807, 2.05) is 65.4 Å². The average molecular weight is 432 g/mol. The van der Waals surface area contributed by atoms with Gasteiger partial charge in [0.1, 0.15) is 0 Å². The Morgan fingerprint density at radius 2 is 1.76 bits per heavy atom. The molecule has 1 unspecified atom stereocenters. The second-order valence-electron chi connectivity index (χ2n) is 8.18. The van der Waals surface area contributed by atoms with Crippen molar-refractivity contribution in [2.75, 3.05) is 38.1 Å².